The number of ether oxygens (including phenoxy) is 1. The van der Waals surface area contributed by atoms with Gasteiger partial charge in [0.15, 0.2) is 5.60 Å². The molecule has 0 aromatic heterocycles. The molecule has 1 aromatic rings. The Balaban J connectivity index is 2.11. The van der Waals surface area contributed by atoms with Crippen LogP contribution in [-0.2, 0) is 16.1 Å². The van der Waals surface area contributed by atoms with E-state index in [-0.39, 0.29) is 11.3 Å². The molecule has 1 saturated heterocycles. The molecule has 3 nitrogen and oxygen atoms in total. The summed E-state index contributed by atoms with van der Waals surface area (Å²) in [5, 5.41) is 0.0974. The van der Waals surface area contributed by atoms with E-state index >= 15 is 0 Å². The van der Waals surface area contributed by atoms with Crippen molar-refractivity contribution in [2.45, 2.75) is 24.4 Å². The van der Waals surface area contributed by atoms with Crippen LogP contribution in [-0.4, -0.2) is 35.1 Å². The zero-order valence-corrected chi connectivity index (χ0v) is 11.2. The summed E-state index contributed by atoms with van der Waals surface area (Å²) in [6.07, 6.45) is 2.01. The lowest BCUT2D eigenvalue weighted by Gasteiger charge is -2.52. The highest BCUT2D eigenvalue weighted by Crippen LogP contribution is 2.40. The number of benzene rings is 1. The third-order valence-corrected chi connectivity index (χ3v) is 4.43. The number of rotatable bonds is 4. The molecule has 17 heavy (non-hydrogen) atoms. The Morgan fingerprint density at radius 1 is 1.41 bits per heavy atom. The predicted molar refractivity (Wildman–Crippen MR) is 69.7 cm³/mol. The second kappa shape index (κ2) is 4.70. The normalized spacial score (nSPS) is 28.1. The zero-order chi connectivity index (χ0) is 12.5. The van der Waals surface area contributed by atoms with Gasteiger partial charge >= 0.3 is 0 Å². The minimum Gasteiger partial charge on any atom is -0.366 e. The summed E-state index contributed by atoms with van der Waals surface area (Å²) < 4.78 is 5.35. The molecule has 0 N–H and O–H groups in total. The first-order valence-corrected chi connectivity index (χ1v) is 6.85. The number of amides is 1. The number of likely N-dealkylation sites (tertiary alicyclic amines) is 1. The third kappa shape index (κ3) is 1.96. The molecular formula is C13H17NO2S. The van der Waals surface area contributed by atoms with Gasteiger partial charge in [-0.2, -0.15) is 0 Å². The van der Waals surface area contributed by atoms with E-state index in [1.807, 2.05) is 48.4 Å². The van der Waals surface area contributed by atoms with Crippen molar-refractivity contribution >= 4 is 17.7 Å². The van der Waals surface area contributed by atoms with Crippen LogP contribution >= 0.6 is 11.8 Å². The Labute approximate surface area is 106 Å². The summed E-state index contributed by atoms with van der Waals surface area (Å²) in [5.41, 5.74) is 0.492. The lowest BCUT2D eigenvalue weighted by molar-refractivity contribution is -0.183. The first kappa shape index (κ1) is 12.5. The van der Waals surface area contributed by atoms with Gasteiger partial charge in [0.2, 0.25) is 0 Å². The van der Waals surface area contributed by atoms with Crippen LogP contribution in [0.25, 0.3) is 0 Å². The Morgan fingerprint density at radius 3 is 2.59 bits per heavy atom. The topological polar surface area (TPSA) is 29.5 Å². The van der Waals surface area contributed by atoms with E-state index in [1.165, 1.54) is 0 Å². The average molecular weight is 251 g/mol. The largest absolute Gasteiger partial charge is 0.366 e. The average Bonchev–Trinajstić information content (AvgIpc) is 2.38. The van der Waals surface area contributed by atoms with Crippen LogP contribution in [0.4, 0.5) is 0 Å². The molecule has 0 radical (unpaired) electrons. The van der Waals surface area contributed by atoms with Crippen LogP contribution in [0.15, 0.2) is 30.3 Å². The standard InChI is InChI=1S/C13H17NO2S/c1-13(16-2)11(15)14(12(13)17-3)9-10-7-5-4-6-8-10/h4-8,12H,9H2,1-3H3/t12-,13-/m0/s1. The van der Waals surface area contributed by atoms with E-state index in [0.29, 0.717) is 6.54 Å². The monoisotopic (exact) mass is 251 g/mol. The molecule has 1 heterocycles. The summed E-state index contributed by atoms with van der Waals surface area (Å²) in [6.45, 7) is 2.52. The fourth-order valence-corrected chi connectivity index (χ4v) is 3.28. The molecule has 1 aromatic carbocycles. The molecule has 0 spiro atoms. The molecule has 4 heteroatoms. The van der Waals surface area contributed by atoms with Crippen molar-refractivity contribution in [3.8, 4) is 0 Å². The molecule has 1 aliphatic heterocycles. The maximum absolute atomic E-state index is 12.1. The first-order valence-electron chi connectivity index (χ1n) is 5.56. The van der Waals surface area contributed by atoms with Crippen molar-refractivity contribution in [1.29, 1.82) is 0 Å². The maximum atomic E-state index is 12.1. The summed E-state index contributed by atoms with van der Waals surface area (Å²) in [7, 11) is 1.60. The van der Waals surface area contributed by atoms with Crippen molar-refractivity contribution in [3.63, 3.8) is 0 Å². The van der Waals surface area contributed by atoms with Crippen LogP contribution in [0.3, 0.4) is 0 Å². The fraction of sp³-hybridized carbons (Fsp3) is 0.462. The van der Waals surface area contributed by atoms with Gasteiger partial charge in [-0.3, -0.25) is 4.79 Å². The van der Waals surface area contributed by atoms with Crippen molar-refractivity contribution in [2.75, 3.05) is 13.4 Å². The van der Waals surface area contributed by atoms with E-state index < -0.39 is 5.60 Å². The van der Waals surface area contributed by atoms with Crippen molar-refractivity contribution in [2.24, 2.45) is 0 Å². The number of hydrogen-bond donors (Lipinski definition) is 0. The minimum absolute atomic E-state index is 0.0724. The molecule has 1 fully saturated rings. The lowest BCUT2D eigenvalue weighted by atomic mass is 9.93. The molecular weight excluding hydrogens is 234 g/mol. The predicted octanol–water partition coefficient (Wildman–Crippen LogP) is 2.12. The molecule has 2 rings (SSSR count). The van der Waals surface area contributed by atoms with E-state index in [0.717, 1.165) is 5.56 Å². The third-order valence-electron chi connectivity index (χ3n) is 3.28. The fourth-order valence-electron chi connectivity index (χ4n) is 2.20. The lowest BCUT2D eigenvalue weighted by Crippen LogP contribution is -2.71. The molecule has 2 atom stereocenters. The number of thioether (sulfide) groups is 1. The van der Waals surface area contributed by atoms with E-state index in [1.54, 1.807) is 18.9 Å². The molecule has 0 aliphatic carbocycles. The van der Waals surface area contributed by atoms with Crippen LogP contribution in [0, 0.1) is 0 Å². The van der Waals surface area contributed by atoms with Crippen LogP contribution in [0.5, 0.6) is 0 Å². The number of methoxy groups -OCH3 is 1. The zero-order valence-electron chi connectivity index (χ0n) is 10.3. The molecule has 1 amide bonds. The van der Waals surface area contributed by atoms with Crippen molar-refractivity contribution in [3.05, 3.63) is 35.9 Å². The molecule has 0 unspecified atom stereocenters. The Hall–Kier alpha value is -1.00. The molecule has 0 bridgehead atoms. The highest BCUT2D eigenvalue weighted by atomic mass is 32.2. The molecule has 0 saturated carbocycles. The van der Waals surface area contributed by atoms with Gasteiger partial charge in [0.05, 0.1) is 0 Å². The van der Waals surface area contributed by atoms with Gasteiger partial charge < -0.3 is 9.64 Å². The van der Waals surface area contributed by atoms with E-state index in [9.17, 15) is 4.79 Å². The van der Waals surface area contributed by atoms with Crippen molar-refractivity contribution < 1.29 is 9.53 Å². The quantitative estimate of drug-likeness (QED) is 0.768. The number of carbonyl (C=O) groups is 1. The Bertz CT molecular complexity index is 409. The van der Waals surface area contributed by atoms with Crippen LogP contribution in [0.2, 0.25) is 0 Å². The second-order valence-corrected chi connectivity index (χ2v) is 5.24. The van der Waals surface area contributed by atoms with Gasteiger partial charge in [0.1, 0.15) is 5.37 Å². The van der Waals surface area contributed by atoms with Crippen LogP contribution in [0.1, 0.15) is 12.5 Å². The summed E-state index contributed by atoms with van der Waals surface area (Å²) >= 11 is 1.65. The Morgan fingerprint density at radius 2 is 2.06 bits per heavy atom. The van der Waals surface area contributed by atoms with Gasteiger partial charge in [0.25, 0.3) is 5.91 Å². The number of nitrogens with zero attached hydrogens (tertiary/aromatic N) is 1. The van der Waals surface area contributed by atoms with Gasteiger partial charge in [0, 0.05) is 13.7 Å². The van der Waals surface area contributed by atoms with Gasteiger partial charge in [-0.05, 0) is 18.7 Å². The van der Waals surface area contributed by atoms with Crippen molar-refractivity contribution in [1.82, 2.24) is 4.90 Å². The number of hydrogen-bond acceptors (Lipinski definition) is 3. The highest BCUT2D eigenvalue weighted by molar-refractivity contribution is 7.99. The smallest absolute Gasteiger partial charge is 0.258 e. The number of carbonyl (C=O) groups excluding carboxylic acids is 1. The number of β-lactam (4-membered cyclic amide) rings is 1. The summed E-state index contributed by atoms with van der Waals surface area (Å²) in [6, 6.07) is 10.0. The minimum atomic E-state index is -0.659. The maximum Gasteiger partial charge on any atom is 0.258 e. The van der Waals surface area contributed by atoms with E-state index in [4.69, 9.17) is 4.74 Å². The molecule has 92 valence electrons. The second-order valence-electron chi connectivity index (χ2n) is 4.32. The first-order chi connectivity index (χ1) is 8.13. The molecule has 1 aliphatic rings. The van der Waals surface area contributed by atoms with Gasteiger partial charge in [-0.15, -0.1) is 11.8 Å². The van der Waals surface area contributed by atoms with Gasteiger partial charge in [-0.25, -0.2) is 0 Å². The SMILES string of the molecule is CO[C@@]1(C)C(=O)N(Cc2ccccc2)[C@H]1SC. The summed E-state index contributed by atoms with van der Waals surface area (Å²) in [4.78, 5) is 13.9. The van der Waals surface area contributed by atoms with E-state index in [2.05, 4.69) is 0 Å². The highest BCUT2D eigenvalue weighted by Gasteiger charge is 2.57. The van der Waals surface area contributed by atoms with Crippen LogP contribution < -0.4 is 0 Å². The Kier molecular flexibility index (Phi) is 3.45. The summed E-state index contributed by atoms with van der Waals surface area (Å²) in [5.74, 6) is 0.0724. The van der Waals surface area contributed by atoms with Gasteiger partial charge in [-0.1, -0.05) is 30.3 Å².